The van der Waals surface area contributed by atoms with Gasteiger partial charge in [0.05, 0.1) is 17.6 Å². The van der Waals surface area contributed by atoms with Crippen molar-refractivity contribution in [1.82, 2.24) is 0 Å². The van der Waals surface area contributed by atoms with Crippen LogP contribution in [0.4, 0.5) is 0 Å². The molecule has 1 aromatic carbocycles. The van der Waals surface area contributed by atoms with Crippen LogP contribution in [0.15, 0.2) is 35.2 Å². The van der Waals surface area contributed by atoms with Gasteiger partial charge in [-0.3, -0.25) is 4.55 Å². The lowest BCUT2D eigenvalue weighted by Gasteiger charge is -2.12. The first-order valence-corrected chi connectivity index (χ1v) is 6.76. The zero-order valence-electron chi connectivity index (χ0n) is 9.46. The van der Waals surface area contributed by atoms with E-state index in [0.29, 0.717) is 18.6 Å². The molecule has 5 heteroatoms. The van der Waals surface area contributed by atoms with Crippen molar-refractivity contribution in [2.24, 2.45) is 0 Å². The van der Waals surface area contributed by atoms with E-state index in [2.05, 4.69) is 0 Å². The van der Waals surface area contributed by atoms with Gasteiger partial charge < -0.3 is 4.74 Å². The highest BCUT2D eigenvalue weighted by Crippen LogP contribution is 2.21. The fourth-order valence-electron chi connectivity index (χ4n) is 1.91. The van der Waals surface area contributed by atoms with Crippen LogP contribution < -0.4 is 0 Å². The molecule has 0 aliphatic carbocycles. The molecule has 0 spiro atoms. The molecule has 1 aromatic rings. The van der Waals surface area contributed by atoms with Crippen LogP contribution in [0, 0.1) is 6.92 Å². The van der Waals surface area contributed by atoms with Gasteiger partial charge in [0.1, 0.15) is 0 Å². The summed E-state index contributed by atoms with van der Waals surface area (Å²) in [5.41, 5.74) is 1.54. The number of rotatable bonds is 3. The molecule has 0 saturated heterocycles. The molecule has 0 saturated carbocycles. The molecular weight excluding hydrogens is 240 g/mol. The van der Waals surface area contributed by atoms with Crippen LogP contribution in [-0.4, -0.2) is 25.7 Å². The smallest absolute Gasteiger partial charge is 0.294 e. The number of hydrogen-bond acceptors (Lipinski definition) is 3. The highest BCUT2D eigenvalue weighted by molar-refractivity contribution is 7.85. The van der Waals surface area contributed by atoms with Crippen LogP contribution in [0.1, 0.15) is 11.1 Å². The predicted molar refractivity (Wildman–Crippen MR) is 63.6 cm³/mol. The van der Waals surface area contributed by atoms with E-state index in [1.807, 2.05) is 19.1 Å². The van der Waals surface area contributed by atoms with Crippen LogP contribution in [0.5, 0.6) is 0 Å². The van der Waals surface area contributed by atoms with Crippen molar-refractivity contribution in [1.29, 1.82) is 0 Å². The molecule has 1 heterocycles. The highest BCUT2D eigenvalue weighted by atomic mass is 32.2. The van der Waals surface area contributed by atoms with Gasteiger partial charge in [0, 0.05) is 6.42 Å². The fourth-order valence-corrected chi connectivity index (χ4v) is 2.62. The number of benzene rings is 1. The first kappa shape index (κ1) is 12.3. The van der Waals surface area contributed by atoms with Crippen molar-refractivity contribution in [2.45, 2.75) is 24.3 Å². The predicted octanol–water partition coefficient (Wildman–Crippen LogP) is 1.74. The molecule has 92 valence electrons. The summed E-state index contributed by atoms with van der Waals surface area (Å²) in [5.74, 6) is 0. The van der Waals surface area contributed by atoms with Crippen LogP contribution in [-0.2, 0) is 21.3 Å². The quantitative estimate of drug-likeness (QED) is 0.659. The van der Waals surface area contributed by atoms with Gasteiger partial charge in [-0.25, -0.2) is 0 Å². The molecule has 1 atom stereocenters. The SMILES string of the molecule is Cc1ccc(S(=O)(=O)O)c(CC2C=CCO2)c1. The number of hydrogen-bond donors (Lipinski definition) is 1. The summed E-state index contributed by atoms with van der Waals surface area (Å²) >= 11 is 0. The minimum Gasteiger partial charge on any atom is -0.370 e. The van der Waals surface area contributed by atoms with Gasteiger partial charge >= 0.3 is 0 Å². The van der Waals surface area contributed by atoms with Crippen LogP contribution in [0.2, 0.25) is 0 Å². The van der Waals surface area contributed by atoms with Crippen molar-refractivity contribution < 1.29 is 17.7 Å². The third-order valence-electron chi connectivity index (χ3n) is 2.67. The standard InChI is InChI=1S/C12H14O4S/c1-9-4-5-12(17(13,14)15)10(7-9)8-11-3-2-6-16-11/h2-5,7,11H,6,8H2,1H3,(H,13,14,15). The van der Waals surface area contributed by atoms with Crippen LogP contribution in [0.3, 0.4) is 0 Å². The number of ether oxygens (including phenoxy) is 1. The lowest BCUT2D eigenvalue weighted by molar-refractivity contribution is 0.128. The molecule has 0 bridgehead atoms. The Balaban J connectivity index is 2.36. The molecule has 1 aliphatic rings. The fraction of sp³-hybridized carbons (Fsp3) is 0.333. The van der Waals surface area contributed by atoms with E-state index >= 15 is 0 Å². The summed E-state index contributed by atoms with van der Waals surface area (Å²) in [4.78, 5) is -0.0352. The zero-order valence-corrected chi connectivity index (χ0v) is 10.3. The Kier molecular flexibility index (Phi) is 3.33. The van der Waals surface area contributed by atoms with Crippen molar-refractivity contribution in [3.8, 4) is 0 Å². The van der Waals surface area contributed by atoms with Gasteiger partial charge in [0.25, 0.3) is 10.1 Å². The summed E-state index contributed by atoms with van der Waals surface area (Å²) in [6.07, 6.45) is 4.13. The van der Waals surface area contributed by atoms with E-state index in [1.165, 1.54) is 6.07 Å². The van der Waals surface area contributed by atoms with Gasteiger partial charge in [-0.2, -0.15) is 8.42 Å². The van der Waals surface area contributed by atoms with Crippen LogP contribution >= 0.6 is 0 Å². The molecule has 1 unspecified atom stereocenters. The van der Waals surface area contributed by atoms with Gasteiger partial charge in [0.15, 0.2) is 0 Å². The second kappa shape index (κ2) is 4.60. The molecule has 1 aliphatic heterocycles. The van der Waals surface area contributed by atoms with E-state index in [4.69, 9.17) is 9.29 Å². The van der Waals surface area contributed by atoms with E-state index in [1.54, 1.807) is 12.1 Å². The van der Waals surface area contributed by atoms with Crippen molar-refractivity contribution in [2.75, 3.05) is 6.61 Å². The molecule has 4 nitrogen and oxygen atoms in total. The van der Waals surface area contributed by atoms with Gasteiger partial charge in [-0.15, -0.1) is 0 Å². The first-order valence-electron chi connectivity index (χ1n) is 5.32. The van der Waals surface area contributed by atoms with Crippen LogP contribution in [0.25, 0.3) is 0 Å². The Morgan fingerprint density at radius 3 is 2.82 bits per heavy atom. The van der Waals surface area contributed by atoms with E-state index < -0.39 is 10.1 Å². The zero-order chi connectivity index (χ0) is 12.5. The minimum atomic E-state index is -4.17. The maximum Gasteiger partial charge on any atom is 0.294 e. The molecule has 0 aromatic heterocycles. The normalized spacial score (nSPS) is 19.8. The highest BCUT2D eigenvalue weighted by Gasteiger charge is 2.19. The topological polar surface area (TPSA) is 63.6 Å². The second-order valence-electron chi connectivity index (χ2n) is 4.09. The largest absolute Gasteiger partial charge is 0.370 e. The van der Waals surface area contributed by atoms with Crippen molar-refractivity contribution in [3.05, 3.63) is 41.5 Å². The summed E-state index contributed by atoms with van der Waals surface area (Å²) < 4.78 is 37.0. The molecular formula is C12H14O4S. The van der Waals surface area contributed by atoms with E-state index in [9.17, 15) is 8.42 Å². The maximum atomic E-state index is 11.2. The molecule has 1 N–H and O–H groups in total. The molecule has 0 radical (unpaired) electrons. The molecule has 0 fully saturated rings. The molecule has 17 heavy (non-hydrogen) atoms. The third kappa shape index (κ3) is 2.94. The van der Waals surface area contributed by atoms with E-state index in [-0.39, 0.29) is 11.0 Å². The van der Waals surface area contributed by atoms with E-state index in [0.717, 1.165) is 5.56 Å². The summed E-state index contributed by atoms with van der Waals surface area (Å²) in [6.45, 7) is 2.43. The Morgan fingerprint density at radius 1 is 1.47 bits per heavy atom. The average molecular weight is 254 g/mol. The first-order chi connectivity index (χ1) is 7.97. The van der Waals surface area contributed by atoms with Gasteiger partial charge in [-0.1, -0.05) is 29.8 Å². The Morgan fingerprint density at radius 2 is 2.24 bits per heavy atom. The minimum absolute atomic E-state index is 0.0352. The molecule has 2 rings (SSSR count). The van der Waals surface area contributed by atoms with Crippen molar-refractivity contribution >= 4 is 10.1 Å². The average Bonchev–Trinajstić information content (AvgIpc) is 2.68. The lowest BCUT2D eigenvalue weighted by Crippen LogP contribution is -2.12. The summed E-state index contributed by atoms with van der Waals surface area (Å²) in [5, 5.41) is 0. The number of aryl methyl sites for hydroxylation is 1. The van der Waals surface area contributed by atoms with Crippen molar-refractivity contribution in [3.63, 3.8) is 0 Å². The lowest BCUT2D eigenvalue weighted by atomic mass is 10.1. The Labute approximate surface area is 101 Å². The summed E-state index contributed by atoms with van der Waals surface area (Å²) in [7, 11) is -4.17. The third-order valence-corrected chi connectivity index (χ3v) is 3.63. The Hall–Kier alpha value is -1.17. The maximum absolute atomic E-state index is 11.2. The van der Waals surface area contributed by atoms with Gasteiger partial charge in [-0.05, 0) is 18.6 Å². The summed E-state index contributed by atoms with van der Waals surface area (Å²) in [6, 6.07) is 4.86. The molecule has 0 amide bonds. The second-order valence-corrected chi connectivity index (χ2v) is 5.48. The Bertz CT molecular complexity index is 546. The van der Waals surface area contributed by atoms with Gasteiger partial charge in [0.2, 0.25) is 0 Å². The monoisotopic (exact) mass is 254 g/mol.